The maximum absolute atomic E-state index is 12.0. The smallest absolute Gasteiger partial charge is 0.387 e. The normalized spacial score (nSPS) is 11.5. The van der Waals surface area contributed by atoms with E-state index in [0.29, 0.717) is 6.54 Å². The number of carbonyl (C=O) groups excluding carboxylic acids is 1. The average Bonchev–Trinajstić information content (AvgIpc) is 2.34. The highest BCUT2D eigenvalue weighted by atomic mass is 19.3. The number of hydrogen-bond donors (Lipinski definition) is 2. The van der Waals surface area contributed by atoms with Crippen LogP contribution < -0.4 is 15.4 Å². The van der Waals surface area contributed by atoms with Crippen molar-refractivity contribution in [2.24, 2.45) is 0 Å². The van der Waals surface area contributed by atoms with Crippen molar-refractivity contribution in [3.8, 4) is 5.75 Å². The van der Waals surface area contributed by atoms with Gasteiger partial charge in [0.2, 0.25) is 5.91 Å². The van der Waals surface area contributed by atoms with Gasteiger partial charge in [-0.2, -0.15) is 8.78 Å². The van der Waals surface area contributed by atoms with E-state index in [9.17, 15) is 13.6 Å². The van der Waals surface area contributed by atoms with E-state index < -0.39 is 6.61 Å². The minimum atomic E-state index is -2.83. The maximum Gasteiger partial charge on any atom is 0.387 e. The quantitative estimate of drug-likeness (QED) is 0.843. The zero-order valence-electron chi connectivity index (χ0n) is 11.9. The molecule has 0 aliphatic rings. The van der Waals surface area contributed by atoms with Gasteiger partial charge in [-0.15, -0.1) is 0 Å². The number of nitrogens with one attached hydrogen (secondary N) is 2. The van der Waals surface area contributed by atoms with Crippen molar-refractivity contribution in [3.63, 3.8) is 0 Å². The fourth-order valence-electron chi connectivity index (χ4n) is 1.40. The molecule has 0 spiro atoms. The lowest BCUT2D eigenvalue weighted by molar-refractivity contribution is -0.120. The molecule has 0 saturated heterocycles. The molecule has 4 nitrogen and oxygen atoms in total. The standard InChI is InChI=1S/C14H20F2N2O2/c1-14(2,3)18-9-12(19)17-8-10-4-6-11(7-5-10)20-13(15)16/h4-7,13,18H,8-9H2,1-3H3,(H,17,19). The highest BCUT2D eigenvalue weighted by Crippen LogP contribution is 2.14. The Balaban J connectivity index is 2.36. The Morgan fingerprint density at radius 3 is 2.35 bits per heavy atom. The fourth-order valence-corrected chi connectivity index (χ4v) is 1.40. The predicted octanol–water partition coefficient (Wildman–Crippen LogP) is 2.29. The topological polar surface area (TPSA) is 50.4 Å². The first kappa shape index (κ1) is 16.4. The van der Waals surface area contributed by atoms with Crippen LogP contribution in [0.5, 0.6) is 5.75 Å². The van der Waals surface area contributed by atoms with E-state index in [4.69, 9.17) is 0 Å². The van der Waals surface area contributed by atoms with Crippen molar-refractivity contribution in [2.75, 3.05) is 6.54 Å². The van der Waals surface area contributed by atoms with Crippen LogP contribution in [0.3, 0.4) is 0 Å². The Bertz CT molecular complexity index is 428. The van der Waals surface area contributed by atoms with Crippen LogP contribution in [0.4, 0.5) is 8.78 Å². The number of hydrogen-bond acceptors (Lipinski definition) is 3. The number of ether oxygens (including phenoxy) is 1. The van der Waals surface area contributed by atoms with Crippen LogP contribution in [0, 0.1) is 0 Å². The van der Waals surface area contributed by atoms with Crippen LogP contribution in [0.1, 0.15) is 26.3 Å². The van der Waals surface area contributed by atoms with E-state index in [1.165, 1.54) is 12.1 Å². The molecular formula is C14H20F2N2O2. The highest BCUT2D eigenvalue weighted by molar-refractivity contribution is 5.78. The number of benzene rings is 1. The van der Waals surface area contributed by atoms with Gasteiger partial charge in [-0.3, -0.25) is 4.79 Å². The van der Waals surface area contributed by atoms with Crippen molar-refractivity contribution in [2.45, 2.75) is 39.5 Å². The van der Waals surface area contributed by atoms with Gasteiger partial charge in [-0.1, -0.05) is 12.1 Å². The summed E-state index contributed by atoms with van der Waals surface area (Å²) >= 11 is 0. The summed E-state index contributed by atoms with van der Waals surface area (Å²) in [5.74, 6) is -0.0164. The lowest BCUT2D eigenvalue weighted by Gasteiger charge is -2.20. The van der Waals surface area contributed by atoms with Crippen LogP contribution >= 0.6 is 0 Å². The second kappa shape index (κ2) is 7.19. The summed E-state index contributed by atoms with van der Waals surface area (Å²) in [4.78, 5) is 11.6. The summed E-state index contributed by atoms with van der Waals surface area (Å²) in [6.07, 6.45) is 0. The fraction of sp³-hybridized carbons (Fsp3) is 0.500. The van der Waals surface area contributed by atoms with Gasteiger partial charge in [0, 0.05) is 12.1 Å². The summed E-state index contributed by atoms with van der Waals surface area (Å²) in [5, 5.41) is 5.81. The predicted molar refractivity (Wildman–Crippen MR) is 72.7 cm³/mol. The van der Waals surface area contributed by atoms with Crippen LogP contribution in [0.25, 0.3) is 0 Å². The number of amides is 1. The van der Waals surface area contributed by atoms with E-state index in [1.807, 2.05) is 20.8 Å². The van der Waals surface area contributed by atoms with Gasteiger partial charge in [0.1, 0.15) is 5.75 Å². The minimum Gasteiger partial charge on any atom is -0.435 e. The van der Waals surface area contributed by atoms with Gasteiger partial charge in [0.15, 0.2) is 0 Å². The minimum absolute atomic E-state index is 0.101. The Morgan fingerprint density at radius 1 is 1.25 bits per heavy atom. The van der Waals surface area contributed by atoms with Gasteiger partial charge in [-0.25, -0.2) is 0 Å². The highest BCUT2D eigenvalue weighted by Gasteiger charge is 2.11. The van der Waals surface area contributed by atoms with Gasteiger partial charge < -0.3 is 15.4 Å². The zero-order chi connectivity index (χ0) is 15.2. The van der Waals surface area contributed by atoms with E-state index in [0.717, 1.165) is 5.56 Å². The number of rotatable bonds is 6. The molecule has 0 aliphatic carbocycles. The molecule has 1 aromatic rings. The van der Waals surface area contributed by atoms with Crippen molar-refractivity contribution < 1.29 is 18.3 Å². The van der Waals surface area contributed by atoms with E-state index >= 15 is 0 Å². The van der Waals surface area contributed by atoms with Crippen LogP contribution in [-0.2, 0) is 11.3 Å². The first-order chi connectivity index (χ1) is 9.26. The van der Waals surface area contributed by atoms with Gasteiger partial charge in [0.25, 0.3) is 0 Å². The van der Waals surface area contributed by atoms with E-state index in [1.54, 1.807) is 12.1 Å². The third-order valence-electron chi connectivity index (χ3n) is 2.42. The van der Waals surface area contributed by atoms with Crippen LogP contribution in [0.15, 0.2) is 24.3 Å². The van der Waals surface area contributed by atoms with Crippen molar-refractivity contribution in [1.29, 1.82) is 0 Å². The second-order valence-electron chi connectivity index (χ2n) is 5.40. The maximum atomic E-state index is 12.0. The van der Waals surface area contributed by atoms with Crippen LogP contribution in [0.2, 0.25) is 0 Å². The monoisotopic (exact) mass is 286 g/mol. The van der Waals surface area contributed by atoms with E-state index in [-0.39, 0.29) is 23.7 Å². The van der Waals surface area contributed by atoms with Crippen molar-refractivity contribution in [1.82, 2.24) is 10.6 Å². The summed E-state index contributed by atoms with van der Waals surface area (Å²) in [6, 6.07) is 6.16. The first-order valence-corrected chi connectivity index (χ1v) is 6.32. The molecule has 0 atom stereocenters. The molecule has 1 rings (SSSR count). The number of alkyl halides is 2. The molecule has 2 N–H and O–H groups in total. The lowest BCUT2D eigenvalue weighted by atomic mass is 10.1. The molecule has 1 amide bonds. The molecule has 0 aliphatic heterocycles. The lowest BCUT2D eigenvalue weighted by Crippen LogP contribution is -2.43. The Labute approximate surface area is 117 Å². The van der Waals surface area contributed by atoms with Crippen molar-refractivity contribution in [3.05, 3.63) is 29.8 Å². The molecule has 0 aromatic heterocycles. The van der Waals surface area contributed by atoms with Gasteiger partial charge >= 0.3 is 6.61 Å². The van der Waals surface area contributed by atoms with Crippen molar-refractivity contribution >= 4 is 5.91 Å². The molecule has 0 radical (unpaired) electrons. The van der Waals surface area contributed by atoms with Crippen LogP contribution in [-0.4, -0.2) is 24.6 Å². The Hall–Kier alpha value is -1.69. The molecule has 6 heteroatoms. The third-order valence-corrected chi connectivity index (χ3v) is 2.42. The SMILES string of the molecule is CC(C)(C)NCC(=O)NCc1ccc(OC(F)F)cc1. The molecule has 1 aromatic carbocycles. The van der Waals surface area contributed by atoms with Gasteiger partial charge in [-0.05, 0) is 38.5 Å². The summed E-state index contributed by atoms with van der Waals surface area (Å²) < 4.78 is 28.2. The number of carbonyl (C=O) groups is 1. The molecule has 0 fully saturated rings. The molecular weight excluding hydrogens is 266 g/mol. The molecule has 0 bridgehead atoms. The number of halogens is 2. The Morgan fingerprint density at radius 2 is 1.85 bits per heavy atom. The van der Waals surface area contributed by atoms with E-state index in [2.05, 4.69) is 15.4 Å². The molecule has 0 unspecified atom stereocenters. The molecule has 20 heavy (non-hydrogen) atoms. The summed E-state index contributed by atoms with van der Waals surface area (Å²) in [6.45, 7) is 3.67. The average molecular weight is 286 g/mol. The third kappa shape index (κ3) is 7.04. The summed E-state index contributed by atoms with van der Waals surface area (Å²) in [5.41, 5.74) is 0.696. The first-order valence-electron chi connectivity index (χ1n) is 6.32. The van der Waals surface area contributed by atoms with Gasteiger partial charge in [0.05, 0.1) is 6.54 Å². The molecule has 0 heterocycles. The second-order valence-corrected chi connectivity index (χ2v) is 5.40. The molecule has 112 valence electrons. The zero-order valence-corrected chi connectivity index (χ0v) is 11.9. The molecule has 0 saturated carbocycles. The Kier molecular flexibility index (Phi) is 5.88. The summed E-state index contributed by atoms with van der Waals surface area (Å²) in [7, 11) is 0. The largest absolute Gasteiger partial charge is 0.435 e.